The van der Waals surface area contributed by atoms with Crippen molar-refractivity contribution >= 4 is 49.1 Å². The van der Waals surface area contributed by atoms with Crippen LogP contribution in [-0.4, -0.2) is 17.6 Å². The summed E-state index contributed by atoms with van der Waals surface area (Å²) in [6.45, 7) is 1.90. The molecule has 0 fully saturated rings. The highest BCUT2D eigenvalue weighted by molar-refractivity contribution is 7.18. The maximum atomic E-state index is 13.9. The summed E-state index contributed by atoms with van der Waals surface area (Å²) in [7, 11) is 0. The number of unbranched alkanes of at least 4 members (excludes halogenated alkanes) is 1. The number of fused-ring (bicyclic) bond motifs is 2. The van der Waals surface area contributed by atoms with Crippen LogP contribution in [0, 0.1) is 5.21 Å². The number of esters is 1. The molecule has 0 N–H and O–H groups in total. The normalized spacial score (nSPS) is 10.7. The molecular weight excluding hydrogens is 518 g/mol. The summed E-state index contributed by atoms with van der Waals surface area (Å²) in [5.41, 5.74) is 2.78. The van der Waals surface area contributed by atoms with E-state index in [2.05, 4.69) is 9.72 Å². The predicted octanol–water partition coefficient (Wildman–Crippen LogP) is 7.26. The highest BCUT2D eigenvalue weighted by Gasteiger charge is 2.46. The molecule has 5 nitrogen and oxygen atoms in total. The third-order valence-corrected chi connectivity index (χ3v) is 6.07. The molecule has 0 aliphatic carbocycles. The maximum Gasteiger partial charge on any atom is 0.393 e. The van der Waals surface area contributed by atoms with Gasteiger partial charge in [-0.25, -0.2) is 9.78 Å². The molecule has 0 saturated carbocycles. The molecule has 2 heterocycles. The average Bonchev–Trinajstić information content (AvgIpc) is 3.44. The number of nitrogens with zero attached hydrogens (tertiary/aromatic N) is 2. The van der Waals surface area contributed by atoms with Crippen LogP contribution in [0.1, 0.15) is 24.8 Å². The minimum atomic E-state index is -3.68. The van der Waals surface area contributed by atoms with Crippen LogP contribution >= 0.6 is 22.7 Å². The van der Waals surface area contributed by atoms with Gasteiger partial charge in [-0.05, 0) is 24.6 Å². The molecule has 188 valence electrons. The van der Waals surface area contributed by atoms with Crippen molar-refractivity contribution in [2.45, 2.75) is 25.7 Å². The van der Waals surface area contributed by atoms with Gasteiger partial charge in [-0.2, -0.15) is 31.1 Å². The summed E-state index contributed by atoms with van der Waals surface area (Å²) >= 11 is 2.27. The molecule has 35 heavy (non-hydrogen) atoms. The fourth-order valence-electron chi connectivity index (χ4n) is 2.39. The second kappa shape index (κ2) is 13.0. The molecule has 0 saturated heterocycles. The molecule has 0 aliphatic rings. The van der Waals surface area contributed by atoms with E-state index in [0.717, 1.165) is 32.7 Å². The topological polar surface area (TPSA) is 66.1 Å². The lowest BCUT2D eigenvalue weighted by Gasteiger charge is -2.12. The Bertz CT molecular complexity index is 1240. The van der Waals surface area contributed by atoms with Gasteiger partial charge in [0.1, 0.15) is 4.70 Å². The van der Waals surface area contributed by atoms with E-state index in [1.165, 1.54) is 11.3 Å². The van der Waals surface area contributed by atoms with Crippen LogP contribution in [-0.2, 0) is 15.5 Å². The van der Waals surface area contributed by atoms with Crippen LogP contribution in [0.4, 0.5) is 26.3 Å². The van der Waals surface area contributed by atoms with Gasteiger partial charge in [0, 0.05) is 6.07 Å². The van der Waals surface area contributed by atoms with Gasteiger partial charge in [-0.1, -0.05) is 48.9 Å². The molecule has 0 bridgehead atoms. The van der Waals surface area contributed by atoms with Crippen LogP contribution in [0.5, 0.6) is 0 Å². The first-order chi connectivity index (χ1) is 16.6. The number of halogens is 6. The quantitative estimate of drug-likeness (QED) is 0.0886. The summed E-state index contributed by atoms with van der Waals surface area (Å²) < 4.78 is 76.1. The summed E-state index contributed by atoms with van der Waals surface area (Å²) in [5, 5.41) is 10.4. The number of thiazole rings is 2. The van der Waals surface area contributed by atoms with Crippen molar-refractivity contribution in [1.82, 2.24) is 4.98 Å². The third kappa shape index (κ3) is 7.92. The van der Waals surface area contributed by atoms with E-state index in [0.29, 0.717) is 16.6 Å². The Morgan fingerprint density at radius 1 is 1.03 bits per heavy atom. The standard InChI is InChI=1S/C13H13F2NO2S.C7H5NOS.C2F4/c1-2-3-8-18-12(17)13(14,15)11-16-9-6-4-5-7-10(9)19-11;9-8-5-10-7-4-2-1-3-6(7)8;3-1(4)2(5)6/h4-7H,2-3,8H2,1H3;1-5H;. The Kier molecular flexibility index (Phi) is 10.5. The van der Waals surface area contributed by atoms with Gasteiger partial charge in [-0.3, -0.25) is 0 Å². The Morgan fingerprint density at radius 3 is 2.20 bits per heavy atom. The lowest BCUT2D eigenvalue weighted by molar-refractivity contribution is -0.572. The van der Waals surface area contributed by atoms with E-state index >= 15 is 0 Å². The van der Waals surface area contributed by atoms with E-state index in [1.807, 2.05) is 31.2 Å². The summed E-state index contributed by atoms with van der Waals surface area (Å²) in [5.74, 6) is -5.21. The zero-order chi connectivity index (χ0) is 26.0. The molecule has 0 aliphatic heterocycles. The van der Waals surface area contributed by atoms with Crippen LogP contribution in [0.3, 0.4) is 0 Å². The molecule has 0 unspecified atom stereocenters. The van der Waals surface area contributed by atoms with Gasteiger partial charge in [0.2, 0.25) is 11.0 Å². The molecular formula is C22H18F6N2O3S2. The first-order valence-electron chi connectivity index (χ1n) is 9.90. The van der Waals surface area contributed by atoms with Crippen molar-refractivity contribution in [2.24, 2.45) is 0 Å². The number of benzene rings is 2. The first-order valence-corrected chi connectivity index (χ1v) is 11.6. The smallest absolute Gasteiger partial charge is 0.393 e. The number of alkyl halides is 2. The van der Waals surface area contributed by atoms with Crippen LogP contribution < -0.4 is 4.73 Å². The molecule has 2 aromatic carbocycles. The van der Waals surface area contributed by atoms with E-state index in [9.17, 15) is 36.3 Å². The van der Waals surface area contributed by atoms with Crippen molar-refractivity contribution in [2.75, 3.05) is 6.61 Å². The van der Waals surface area contributed by atoms with Crippen LogP contribution in [0.15, 0.2) is 66.2 Å². The van der Waals surface area contributed by atoms with Crippen LogP contribution in [0.25, 0.3) is 20.4 Å². The number of para-hydroxylation sites is 2. The van der Waals surface area contributed by atoms with Crippen molar-refractivity contribution < 1.29 is 40.6 Å². The van der Waals surface area contributed by atoms with E-state index < -0.39 is 29.1 Å². The lowest BCUT2D eigenvalue weighted by atomic mass is 10.3. The van der Waals surface area contributed by atoms with Gasteiger partial charge in [0.05, 0.1) is 16.8 Å². The van der Waals surface area contributed by atoms with Crippen molar-refractivity contribution in [3.63, 3.8) is 0 Å². The molecule has 0 spiro atoms. The number of hydrogen-bond donors (Lipinski definition) is 0. The monoisotopic (exact) mass is 536 g/mol. The molecule has 0 atom stereocenters. The largest absolute Gasteiger partial charge is 0.618 e. The number of carbonyl (C=O) groups excluding carboxylic acids is 1. The number of carbonyl (C=O) groups is 1. The van der Waals surface area contributed by atoms with Gasteiger partial charge < -0.3 is 9.94 Å². The van der Waals surface area contributed by atoms with Gasteiger partial charge in [0.25, 0.3) is 0 Å². The van der Waals surface area contributed by atoms with Crippen molar-refractivity contribution in [3.8, 4) is 0 Å². The second-order valence-corrected chi connectivity index (χ2v) is 8.51. The first kappa shape index (κ1) is 28.1. The minimum Gasteiger partial charge on any atom is -0.618 e. The zero-order valence-electron chi connectivity index (χ0n) is 18.0. The SMILES string of the molecule is CCCCOC(=O)C(F)(F)c1nc2ccccc2s1.FC(F)=C(F)F.[O-][n+]1csc2ccccc21. The molecule has 4 rings (SSSR count). The Hall–Kier alpha value is -3.19. The Balaban J connectivity index is 0.000000223. The molecule has 2 aromatic heterocycles. The number of hydrogen-bond acceptors (Lipinski definition) is 6. The van der Waals surface area contributed by atoms with Crippen molar-refractivity contribution in [3.05, 3.63) is 76.4 Å². The summed E-state index contributed by atoms with van der Waals surface area (Å²) in [6, 6.07) is 14.3. The fourth-order valence-corrected chi connectivity index (χ4v) is 4.08. The van der Waals surface area contributed by atoms with E-state index in [-0.39, 0.29) is 6.61 Å². The number of ether oxygens (including phenoxy) is 1. The highest BCUT2D eigenvalue weighted by Crippen LogP contribution is 2.35. The number of rotatable bonds is 5. The average molecular weight is 537 g/mol. The van der Waals surface area contributed by atoms with Gasteiger partial charge >= 0.3 is 24.1 Å². The van der Waals surface area contributed by atoms with E-state index in [4.69, 9.17) is 0 Å². The predicted molar refractivity (Wildman–Crippen MR) is 122 cm³/mol. The molecule has 13 heteroatoms. The minimum absolute atomic E-state index is 0.00974. The van der Waals surface area contributed by atoms with Crippen LogP contribution in [0.2, 0.25) is 0 Å². The second-order valence-electron chi connectivity index (χ2n) is 6.59. The fraction of sp³-hybridized carbons (Fsp3) is 0.227. The molecule has 0 amide bonds. The number of aromatic nitrogens is 2. The zero-order valence-corrected chi connectivity index (χ0v) is 19.7. The Morgan fingerprint density at radius 2 is 1.63 bits per heavy atom. The highest BCUT2D eigenvalue weighted by atomic mass is 32.1. The lowest BCUT2D eigenvalue weighted by Crippen LogP contribution is -2.28. The summed E-state index contributed by atoms with van der Waals surface area (Å²) in [6.07, 6.45) is -4.47. The Labute approximate surface area is 203 Å². The van der Waals surface area contributed by atoms with Crippen molar-refractivity contribution in [1.29, 1.82) is 0 Å². The van der Waals surface area contributed by atoms with Gasteiger partial charge in [0.15, 0.2) is 5.01 Å². The van der Waals surface area contributed by atoms with E-state index in [1.54, 1.807) is 29.8 Å². The molecule has 4 aromatic rings. The maximum absolute atomic E-state index is 13.9. The molecule has 0 radical (unpaired) electrons. The summed E-state index contributed by atoms with van der Waals surface area (Å²) in [4.78, 5) is 15.2. The van der Waals surface area contributed by atoms with Gasteiger partial charge in [-0.15, -0.1) is 11.3 Å². The third-order valence-electron chi connectivity index (χ3n) is 4.07.